The van der Waals surface area contributed by atoms with Gasteiger partial charge in [0.15, 0.2) is 0 Å². The molecular formula is C12H4Br2N2O4S. The Bertz CT molecular complexity index is 816. The van der Waals surface area contributed by atoms with Crippen molar-refractivity contribution in [3.8, 4) is 0 Å². The number of carbonyl (C=O) groups excluding carboxylic acids is 2. The van der Waals surface area contributed by atoms with Gasteiger partial charge < -0.3 is 0 Å². The highest BCUT2D eigenvalue weighted by Gasteiger charge is 2.37. The predicted octanol–water partition coefficient (Wildman–Crippen LogP) is 3.62. The number of aromatic nitrogens is 1. The molecule has 2 aromatic heterocycles. The van der Waals surface area contributed by atoms with Crippen LogP contribution in [0.2, 0.25) is 0 Å². The molecule has 1 aliphatic carbocycles. The molecular weight excluding hydrogens is 428 g/mol. The average Bonchev–Trinajstić information content (AvgIpc) is 2.89. The van der Waals surface area contributed by atoms with Crippen molar-refractivity contribution >= 4 is 59.8 Å². The van der Waals surface area contributed by atoms with Gasteiger partial charge in [-0.1, -0.05) is 43.2 Å². The molecule has 0 N–H and O–H groups in total. The van der Waals surface area contributed by atoms with Crippen molar-refractivity contribution in [2.45, 2.75) is 3.74 Å². The van der Waals surface area contributed by atoms with Crippen molar-refractivity contribution < 1.29 is 14.5 Å². The Morgan fingerprint density at radius 3 is 2.62 bits per heavy atom. The Morgan fingerprint density at radius 1 is 1.29 bits per heavy atom. The van der Waals surface area contributed by atoms with E-state index in [-0.39, 0.29) is 30.4 Å². The van der Waals surface area contributed by atoms with Crippen molar-refractivity contribution in [3.63, 3.8) is 0 Å². The van der Waals surface area contributed by atoms with Crippen LogP contribution in [-0.4, -0.2) is 21.5 Å². The smallest absolute Gasteiger partial charge is 0.288 e. The van der Waals surface area contributed by atoms with E-state index in [0.29, 0.717) is 16.9 Å². The van der Waals surface area contributed by atoms with E-state index >= 15 is 0 Å². The van der Waals surface area contributed by atoms with E-state index < -0.39 is 16.5 Å². The fraction of sp³-hybridized carbons (Fsp3) is 0.0833. The first-order valence-corrected chi connectivity index (χ1v) is 8.21. The maximum absolute atomic E-state index is 12.6. The minimum absolute atomic E-state index is 0.0293. The van der Waals surface area contributed by atoms with Crippen molar-refractivity contribution in [1.82, 2.24) is 4.98 Å². The maximum Gasteiger partial charge on any atom is 0.325 e. The highest BCUT2D eigenvalue weighted by molar-refractivity contribution is 9.24. The molecule has 0 fully saturated rings. The Labute approximate surface area is 138 Å². The van der Waals surface area contributed by atoms with E-state index in [9.17, 15) is 19.7 Å². The van der Waals surface area contributed by atoms with Gasteiger partial charge in [-0.25, -0.2) is 0 Å². The lowest BCUT2D eigenvalue weighted by molar-refractivity contribution is -0.380. The van der Waals surface area contributed by atoms with E-state index in [1.165, 1.54) is 6.20 Å². The van der Waals surface area contributed by atoms with Gasteiger partial charge in [0.2, 0.25) is 11.6 Å². The van der Waals surface area contributed by atoms with E-state index in [0.717, 1.165) is 6.07 Å². The number of pyridine rings is 1. The maximum atomic E-state index is 12.6. The van der Waals surface area contributed by atoms with Gasteiger partial charge in [0.05, 0.1) is 24.7 Å². The number of hydrogen-bond donors (Lipinski definition) is 0. The largest absolute Gasteiger partial charge is 0.325 e. The van der Waals surface area contributed by atoms with Crippen LogP contribution in [0.15, 0.2) is 18.3 Å². The first-order valence-electron chi connectivity index (χ1n) is 5.56. The Hall–Kier alpha value is -1.45. The number of carbonyl (C=O) groups is 2. The molecule has 6 nitrogen and oxygen atoms in total. The van der Waals surface area contributed by atoms with E-state index in [1.54, 1.807) is 6.07 Å². The van der Waals surface area contributed by atoms with Crippen LogP contribution in [0.1, 0.15) is 40.6 Å². The zero-order valence-corrected chi connectivity index (χ0v) is 14.0. The fourth-order valence-corrected chi connectivity index (χ4v) is 3.80. The van der Waals surface area contributed by atoms with Gasteiger partial charge in [-0.05, 0) is 11.6 Å². The lowest BCUT2D eigenvalue weighted by Gasteiger charge is -2.16. The number of rotatable bonds is 2. The van der Waals surface area contributed by atoms with Crippen molar-refractivity contribution in [2.24, 2.45) is 0 Å². The fourth-order valence-electron chi connectivity index (χ4n) is 2.12. The van der Waals surface area contributed by atoms with Gasteiger partial charge in [-0.2, -0.15) is 0 Å². The molecule has 0 atom stereocenters. The highest BCUT2D eigenvalue weighted by atomic mass is 79.9. The third-order valence-electron chi connectivity index (χ3n) is 3.01. The number of halogens is 2. The van der Waals surface area contributed by atoms with Crippen LogP contribution in [0.25, 0.3) is 0 Å². The molecule has 9 heteroatoms. The number of hydrogen-bond acceptors (Lipinski definition) is 6. The zero-order chi connectivity index (χ0) is 15.3. The Morgan fingerprint density at radius 2 is 2.00 bits per heavy atom. The number of thiophene rings is 1. The van der Waals surface area contributed by atoms with E-state index in [1.807, 2.05) is 0 Å². The summed E-state index contributed by atoms with van der Waals surface area (Å²) in [5.41, 5.74) is 0.835. The predicted molar refractivity (Wildman–Crippen MR) is 82.7 cm³/mol. The lowest BCUT2D eigenvalue weighted by atomic mass is 9.90. The number of fused-ring (bicyclic) bond motifs is 2. The summed E-state index contributed by atoms with van der Waals surface area (Å²) in [7, 11) is 0. The van der Waals surface area contributed by atoms with Crippen molar-refractivity contribution in [3.05, 3.63) is 55.7 Å². The van der Waals surface area contributed by atoms with Crippen LogP contribution in [0.3, 0.4) is 0 Å². The number of nitro groups is 1. The number of nitrogens with zero attached hydrogens (tertiary/aromatic N) is 2. The summed E-state index contributed by atoms with van der Waals surface area (Å²) in [5, 5.41) is 10.6. The lowest BCUT2D eigenvalue weighted by Crippen LogP contribution is -2.22. The SMILES string of the molecule is O=C1c2cc([N+](=O)[O-])sc2C(=O)c2c(C(Br)Br)ccnc21. The molecule has 0 spiro atoms. The molecule has 0 aliphatic heterocycles. The molecule has 0 saturated carbocycles. The molecule has 0 unspecified atom stereocenters. The molecule has 0 saturated heterocycles. The van der Waals surface area contributed by atoms with Crippen LogP contribution in [0.4, 0.5) is 5.00 Å². The van der Waals surface area contributed by atoms with Gasteiger partial charge in [-0.15, -0.1) is 0 Å². The summed E-state index contributed by atoms with van der Waals surface area (Å²) in [4.78, 5) is 39.3. The second-order valence-corrected chi connectivity index (χ2v) is 8.26. The van der Waals surface area contributed by atoms with Gasteiger partial charge in [0.1, 0.15) is 5.69 Å². The highest BCUT2D eigenvalue weighted by Crippen LogP contribution is 2.40. The summed E-state index contributed by atoms with van der Waals surface area (Å²) in [6, 6.07) is 2.75. The summed E-state index contributed by atoms with van der Waals surface area (Å²) in [5.74, 6) is -0.879. The second kappa shape index (κ2) is 5.08. The Balaban J connectivity index is 2.28. The van der Waals surface area contributed by atoms with E-state index in [4.69, 9.17) is 0 Å². The summed E-state index contributed by atoms with van der Waals surface area (Å²) >= 11 is 7.31. The number of ketones is 2. The van der Waals surface area contributed by atoms with Gasteiger partial charge in [0, 0.05) is 12.3 Å². The van der Waals surface area contributed by atoms with Crippen LogP contribution in [-0.2, 0) is 0 Å². The molecule has 0 aromatic carbocycles. The summed E-state index contributed by atoms with van der Waals surface area (Å²) in [6.45, 7) is 0. The van der Waals surface area contributed by atoms with Crippen LogP contribution in [0.5, 0.6) is 0 Å². The third-order valence-corrected chi connectivity index (χ3v) is 5.08. The monoisotopic (exact) mass is 430 g/mol. The van der Waals surface area contributed by atoms with E-state index in [2.05, 4.69) is 36.8 Å². The van der Waals surface area contributed by atoms with Gasteiger partial charge >= 0.3 is 5.00 Å². The quantitative estimate of drug-likeness (QED) is 0.351. The first-order chi connectivity index (χ1) is 9.91. The molecule has 106 valence electrons. The zero-order valence-electron chi connectivity index (χ0n) is 10.0. The summed E-state index contributed by atoms with van der Waals surface area (Å²) in [6.07, 6.45) is 1.43. The summed E-state index contributed by atoms with van der Waals surface area (Å²) < 4.78 is -0.324. The first kappa shape index (κ1) is 14.5. The second-order valence-electron chi connectivity index (χ2n) is 4.17. The normalized spacial score (nSPS) is 13.3. The van der Waals surface area contributed by atoms with Gasteiger partial charge in [0.25, 0.3) is 0 Å². The molecule has 1 aliphatic rings. The van der Waals surface area contributed by atoms with Gasteiger partial charge in [-0.3, -0.25) is 24.7 Å². The van der Waals surface area contributed by atoms with Crippen LogP contribution in [0, 0.1) is 10.1 Å². The Kier molecular flexibility index (Phi) is 3.50. The standard InChI is InChI=1S/C12H4Br2N2O4S/c13-12(14)4-1-2-15-8-7(4)10(18)11-5(9(8)17)3-6(21-11)16(19)20/h1-3,12H. The molecule has 0 radical (unpaired) electrons. The average molecular weight is 432 g/mol. The molecule has 0 amide bonds. The van der Waals surface area contributed by atoms with Crippen molar-refractivity contribution in [1.29, 1.82) is 0 Å². The minimum Gasteiger partial charge on any atom is -0.288 e. The molecule has 0 bridgehead atoms. The molecule has 3 rings (SSSR count). The van der Waals surface area contributed by atoms with Crippen molar-refractivity contribution in [2.75, 3.05) is 0 Å². The minimum atomic E-state index is -0.611. The molecule has 2 heterocycles. The molecule has 21 heavy (non-hydrogen) atoms. The van der Waals surface area contributed by atoms with Crippen LogP contribution < -0.4 is 0 Å². The number of alkyl halides is 2. The van der Waals surface area contributed by atoms with Crippen LogP contribution >= 0.6 is 43.2 Å². The third kappa shape index (κ3) is 2.16. The molecule has 2 aromatic rings. The topological polar surface area (TPSA) is 90.2 Å².